The molecule has 0 unspecified atom stereocenters. The summed E-state index contributed by atoms with van der Waals surface area (Å²) in [6, 6.07) is 22.7. The second-order valence-corrected chi connectivity index (χ2v) is 6.70. The molecule has 0 saturated heterocycles. The maximum atomic E-state index is 13.6. The minimum absolute atomic E-state index is 0.000774. The average Bonchev–Trinajstić information content (AvgIpc) is 2.80. The third kappa shape index (κ3) is 6.50. The van der Waals surface area contributed by atoms with Gasteiger partial charge in [-0.25, -0.2) is 4.39 Å². The molecule has 0 aliphatic carbocycles. The van der Waals surface area contributed by atoms with E-state index in [-0.39, 0.29) is 18.0 Å². The van der Waals surface area contributed by atoms with E-state index in [2.05, 4.69) is 10.6 Å². The van der Waals surface area contributed by atoms with Gasteiger partial charge in [-0.1, -0.05) is 60.7 Å². The van der Waals surface area contributed by atoms with Crippen LogP contribution >= 0.6 is 0 Å². The van der Waals surface area contributed by atoms with Crippen LogP contribution in [0.15, 0.2) is 84.9 Å². The molecule has 3 aromatic carbocycles. The molecule has 1 atom stereocenters. The predicted octanol–water partition coefficient (Wildman–Crippen LogP) is 3.87. The number of nitrogens with one attached hydrogen (secondary N) is 2. The van der Waals surface area contributed by atoms with E-state index in [9.17, 15) is 18.8 Å². The van der Waals surface area contributed by atoms with Gasteiger partial charge in [0.1, 0.15) is 5.82 Å². The fourth-order valence-electron chi connectivity index (χ4n) is 2.89. The van der Waals surface area contributed by atoms with Gasteiger partial charge >= 0.3 is 5.97 Å². The number of esters is 1. The van der Waals surface area contributed by atoms with Gasteiger partial charge in [0.05, 0.1) is 18.2 Å². The molecule has 0 heterocycles. The van der Waals surface area contributed by atoms with Crippen molar-refractivity contribution in [1.29, 1.82) is 0 Å². The quantitative estimate of drug-likeness (QED) is 0.542. The molecular formula is C24H21FN2O4. The topological polar surface area (TPSA) is 84.5 Å². The highest BCUT2D eigenvalue weighted by atomic mass is 19.1. The van der Waals surface area contributed by atoms with Gasteiger partial charge in [0.15, 0.2) is 6.61 Å². The monoisotopic (exact) mass is 420 g/mol. The Kier molecular flexibility index (Phi) is 7.48. The largest absolute Gasteiger partial charge is 0.455 e. The Hall–Kier alpha value is -4.00. The molecule has 7 heteroatoms. The van der Waals surface area contributed by atoms with E-state index in [0.29, 0.717) is 5.56 Å². The zero-order chi connectivity index (χ0) is 22.1. The van der Waals surface area contributed by atoms with E-state index in [0.717, 1.165) is 5.56 Å². The Morgan fingerprint density at radius 2 is 1.45 bits per heavy atom. The van der Waals surface area contributed by atoms with Crippen LogP contribution in [0.3, 0.4) is 0 Å². The Balaban J connectivity index is 1.60. The minimum atomic E-state index is -0.675. The van der Waals surface area contributed by atoms with Gasteiger partial charge in [-0.15, -0.1) is 0 Å². The third-order valence-corrected chi connectivity index (χ3v) is 4.43. The molecule has 3 rings (SSSR count). The van der Waals surface area contributed by atoms with Gasteiger partial charge in [0, 0.05) is 5.56 Å². The highest BCUT2D eigenvalue weighted by Crippen LogP contribution is 2.18. The second-order valence-electron chi connectivity index (χ2n) is 6.70. The van der Waals surface area contributed by atoms with Crippen LogP contribution < -0.4 is 10.6 Å². The van der Waals surface area contributed by atoms with Crippen molar-refractivity contribution < 1.29 is 23.5 Å². The first kappa shape index (κ1) is 21.7. The lowest BCUT2D eigenvalue weighted by molar-refractivity contribution is -0.147. The zero-order valence-corrected chi connectivity index (χ0v) is 16.6. The first-order chi connectivity index (χ1) is 15.0. The summed E-state index contributed by atoms with van der Waals surface area (Å²) in [5.74, 6) is -2.26. The van der Waals surface area contributed by atoms with Crippen molar-refractivity contribution in [2.24, 2.45) is 0 Å². The van der Waals surface area contributed by atoms with E-state index < -0.39 is 30.3 Å². The molecule has 0 aromatic heterocycles. The Morgan fingerprint density at radius 1 is 0.839 bits per heavy atom. The fraction of sp³-hybridized carbons (Fsp3) is 0.125. The summed E-state index contributed by atoms with van der Waals surface area (Å²) in [6.07, 6.45) is -0.171. The molecule has 0 bridgehead atoms. The molecule has 31 heavy (non-hydrogen) atoms. The minimum Gasteiger partial charge on any atom is -0.455 e. The molecular weight excluding hydrogens is 399 g/mol. The highest BCUT2D eigenvalue weighted by molar-refractivity contribution is 5.95. The predicted molar refractivity (Wildman–Crippen MR) is 114 cm³/mol. The molecule has 0 saturated carbocycles. The normalized spacial score (nSPS) is 11.3. The summed E-state index contributed by atoms with van der Waals surface area (Å²) in [5.41, 5.74) is 1.18. The molecule has 0 fully saturated rings. The van der Waals surface area contributed by atoms with E-state index >= 15 is 0 Å². The van der Waals surface area contributed by atoms with Gasteiger partial charge in [-0.05, 0) is 29.8 Å². The number of halogens is 1. The van der Waals surface area contributed by atoms with Gasteiger partial charge < -0.3 is 15.4 Å². The van der Waals surface area contributed by atoms with Crippen LogP contribution in [0, 0.1) is 5.82 Å². The number of amides is 2. The average molecular weight is 420 g/mol. The number of benzene rings is 3. The smallest absolute Gasteiger partial charge is 0.308 e. The summed E-state index contributed by atoms with van der Waals surface area (Å²) >= 11 is 0. The van der Waals surface area contributed by atoms with Crippen LogP contribution in [0.4, 0.5) is 10.1 Å². The van der Waals surface area contributed by atoms with E-state index in [1.165, 1.54) is 18.2 Å². The summed E-state index contributed by atoms with van der Waals surface area (Å²) in [6.45, 7) is -0.568. The van der Waals surface area contributed by atoms with Gasteiger partial charge in [-0.3, -0.25) is 14.4 Å². The van der Waals surface area contributed by atoms with Gasteiger partial charge in [0.25, 0.3) is 11.8 Å². The fourth-order valence-corrected chi connectivity index (χ4v) is 2.89. The zero-order valence-electron chi connectivity index (χ0n) is 16.6. The summed E-state index contributed by atoms with van der Waals surface area (Å²) in [4.78, 5) is 36.9. The van der Waals surface area contributed by atoms with Crippen molar-refractivity contribution in [3.05, 3.63) is 102 Å². The lowest BCUT2D eigenvalue weighted by atomic mass is 10.0. The maximum absolute atomic E-state index is 13.6. The Labute approximate surface area is 179 Å². The number of hydrogen-bond donors (Lipinski definition) is 2. The van der Waals surface area contributed by atoms with E-state index in [4.69, 9.17) is 4.74 Å². The SMILES string of the molecule is O=C(COC(=O)C[C@@H](NC(=O)c1ccccc1)c1ccccc1)Nc1ccccc1F. The van der Waals surface area contributed by atoms with Crippen LogP contribution in [-0.4, -0.2) is 24.4 Å². The number of ether oxygens (including phenoxy) is 1. The van der Waals surface area contributed by atoms with Crippen LogP contribution in [-0.2, 0) is 14.3 Å². The Bertz CT molecular complexity index is 1040. The number of carbonyl (C=O) groups is 3. The molecule has 2 amide bonds. The van der Waals surface area contributed by atoms with Crippen LogP contribution in [0.5, 0.6) is 0 Å². The van der Waals surface area contributed by atoms with Crippen molar-refractivity contribution in [3.8, 4) is 0 Å². The Morgan fingerprint density at radius 3 is 2.13 bits per heavy atom. The van der Waals surface area contributed by atoms with Crippen LogP contribution in [0.2, 0.25) is 0 Å². The number of para-hydroxylation sites is 1. The van der Waals surface area contributed by atoms with Crippen molar-refractivity contribution in [3.63, 3.8) is 0 Å². The lowest BCUT2D eigenvalue weighted by Gasteiger charge is -2.19. The van der Waals surface area contributed by atoms with Crippen LogP contribution in [0.25, 0.3) is 0 Å². The first-order valence-electron chi connectivity index (χ1n) is 9.64. The highest BCUT2D eigenvalue weighted by Gasteiger charge is 2.21. The molecule has 3 aromatic rings. The lowest BCUT2D eigenvalue weighted by Crippen LogP contribution is -2.31. The summed E-state index contributed by atoms with van der Waals surface area (Å²) in [7, 11) is 0. The molecule has 2 N–H and O–H groups in total. The van der Waals surface area contributed by atoms with Crippen LogP contribution in [0.1, 0.15) is 28.4 Å². The number of rotatable bonds is 8. The number of anilines is 1. The molecule has 0 radical (unpaired) electrons. The molecule has 158 valence electrons. The molecule has 0 aliphatic heterocycles. The number of hydrogen-bond acceptors (Lipinski definition) is 4. The van der Waals surface area contributed by atoms with Crippen molar-refractivity contribution in [2.75, 3.05) is 11.9 Å². The standard InChI is InChI=1S/C24H21FN2O4/c25-19-13-7-8-14-20(19)26-22(28)16-31-23(29)15-21(17-9-3-1-4-10-17)27-24(30)18-11-5-2-6-12-18/h1-14,21H,15-16H2,(H,26,28)(H,27,30)/t21-/m1/s1. The first-order valence-corrected chi connectivity index (χ1v) is 9.64. The van der Waals surface area contributed by atoms with Gasteiger partial charge in [-0.2, -0.15) is 0 Å². The van der Waals surface area contributed by atoms with Crippen molar-refractivity contribution in [1.82, 2.24) is 5.32 Å². The molecule has 6 nitrogen and oxygen atoms in total. The summed E-state index contributed by atoms with van der Waals surface area (Å²) in [5, 5.41) is 5.17. The number of carbonyl (C=O) groups excluding carboxylic acids is 3. The maximum Gasteiger partial charge on any atom is 0.308 e. The molecule has 0 aliphatic rings. The second kappa shape index (κ2) is 10.7. The van der Waals surface area contributed by atoms with Crippen molar-refractivity contribution in [2.45, 2.75) is 12.5 Å². The van der Waals surface area contributed by atoms with Crippen molar-refractivity contribution >= 4 is 23.5 Å². The van der Waals surface area contributed by atoms with Gasteiger partial charge in [0.2, 0.25) is 0 Å². The summed E-state index contributed by atoms with van der Waals surface area (Å²) < 4.78 is 18.6. The third-order valence-electron chi connectivity index (χ3n) is 4.43. The van der Waals surface area contributed by atoms with E-state index in [1.54, 1.807) is 60.7 Å². The molecule has 0 spiro atoms. The van der Waals surface area contributed by atoms with E-state index in [1.807, 2.05) is 6.07 Å².